The van der Waals surface area contributed by atoms with Gasteiger partial charge in [0.2, 0.25) is 5.95 Å². The number of aromatic hydroxyl groups is 1. The molecule has 0 unspecified atom stereocenters. The lowest BCUT2D eigenvalue weighted by atomic mass is 10.2. The number of rotatable bonds is 3. The molecule has 0 saturated carbocycles. The largest absolute Gasteiger partial charge is 0.506 e. The van der Waals surface area contributed by atoms with Gasteiger partial charge in [0.05, 0.1) is 23.8 Å². The van der Waals surface area contributed by atoms with Crippen molar-refractivity contribution in [1.29, 1.82) is 0 Å². The quantitative estimate of drug-likeness (QED) is 0.747. The van der Waals surface area contributed by atoms with E-state index in [1.165, 1.54) is 11.8 Å². The van der Waals surface area contributed by atoms with Crippen LogP contribution in [0.2, 0.25) is 5.02 Å². The number of nitrogens with one attached hydrogen (secondary N) is 1. The monoisotopic (exact) mass is 356 g/mol. The summed E-state index contributed by atoms with van der Waals surface area (Å²) in [5, 5.41) is 13.7. The van der Waals surface area contributed by atoms with Gasteiger partial charge >= 0.3 is 0 Å². The molecule has 7 heteroatoms. The van der Waals surface area contributed by atoms with E-state index in [-0.39, 0.29) is 10.8 Å². The van der Waals surface area contributed by atoms with Gasteiger partial charge < -0.3 is 20.1 Å². The van der Waals surface area contributed by atoms with E-state index in [9.17, 15) is 5.11 Å². The first-order valence-corrected chi connectivity index (χ1v) is 8.42. The van der Waals surface area contributed by atoms with Crippen molar-refractivity contribution in [3.05, 3.63) is 47.6 Å². The van der Waals surface area contributed by atoms with Crippen molar-refractivity contribution in [3.8, 4) is 5.75 Å². The third-order valence-electron chi connectivity index (χ3n) is 4.18. The molecule has 4 rings (SSSR count). The van der Waals surface area contributed by atoms with E-state index in [1.54, 1.807) is 12.3 Å². The second-order valence-corrected chi connectivity index (χ2v) is 6.17. The number of anilines is 3. The minimum absolute atomic E-state index is 0.0252. The minimum Gasteiger partial charge on any atom is -0.506 e. The van der Waals surface area contributed by atoms with Crippen molar-refractivity contribution >= 4 is 39.8 Å². The molecular weight excluding hydrogens is 340 g/mol. The molecule has 1 aliphatic rings. The van der Waals surface area contributed by atoms with E-state index in [2.05, 4.69) is 32.3 Å². The second kappa shape index (κ2) is 6.74. The molecule has 0 radical (unpaired) electrons. The number of nitrogens with zero attached hydrogens (tertiary/aromatic N) is 3. The normalized spacial score (nSPS) is 14.7. The van der Waals surface area contributed by atoms with Crippen molar-refractivity contribution in [1.82, 2.24) is 9.97 Å². The number of hydrogen-bond donors (Lipinski definition) is 2. The maximum atomic E-state index is 9.64. The first kappa shape index (κ1) is 15.9. The van der Waals surface area contributed by atoms with Crippen LogP contribution in [0.3, 0.4) is 0 Å². The van der Waals surface area contributed by atoms with Crippen LogP contribution in [-0.4, -0.2) is 41.4 Å². The fourth-order valence-electron chi connectivity index (χ4n) is 2.83. The molecule has 0 amide bonds. The van der Waals surface area contributed by atoms with E-state index in [4.69, 9.17) is 16.3 Å². The molecule has 1 aliphatic heterocycles. The van der Waals surface area contributed by atoms with E-state index in [1.807, 2.05) is 12.1 Å². The van der Waals surface area contributed by atoms with Crippen LogP contribution < -0.4 is 10.2 Å². The predicted octanol–water partition coefficient (Wildman–Crippen LogP) is 3.57. The lowest BCUT2D eigenvalue weighted by Gasteiger charge is -2.28. The summed E-state index contributed by atoms with van der Waals surface area (Å²) in [6.45, 7) is 3.36. The van der Waals surface area contributed by atoms with Gasteiger partial charge in [0.1, 0.15) is 5.75 Å². The SMILES string of the molecule is Oc1ccc2nc(Nc3ccc(N4CCOCC4)cc3)ncc2c1Cl. The standard InChI is InChI=1S/C18H17ClN4O2/c19-17-14-11-20-18(22-15(14)5-6-16(17)24)21-12-1-3-13(4-2-12)23-7-9-25-10-8-23/h1-6,11,24H,7-10H2,(H,20,21,22). The summed E-state index contributed by atoms with van der Waals surface area (Å²) < 4.78 is 5.38. The van der Waals surface area contributed by atoms with E-state index >= 15 is 0 Å². The Labute approximate surface area is 150 Å². The van der Waals surface area contributed by atoms with E-state index in [0.717, 1.165) is 32.0 Å². The molecule has 1 saturated heterocycles. The number of ether oxygens (including phenoxy) is 1. The number of phenols is 1. The molecule has 25 heavy (non-hydrogen) atoms. The number of morpholine rings is 1. The molecule has 2 heterocycles. The average Bonchev–Trinajstić information content (AvgIpc) is 2.66. The average molecular weight is 357 g/mol. The highest BCUT2D eigenvalue weighted by atomic mass is 35.5. The van der Waals surface area contributed by atoms with Crippen molar-refractivity contribution in [2.24, 2.45) is 0 Å². The fourth-order valence-corrected chi connectivity index (χ4v) is 3.04. The first-order chi connectivity index (χ1) is 12.2. The summed E-state index contributed by atoms with van der Waals surface area (Å²) >= 11 is 6.07. The first-order valence-electron chi connectivity index (χ1n) is 8.05. The zero-order valence-corrected chi connectivity index (χ0v) is 14.2. The molecule has 128 valence electrons. The van der Waals surface area contributed by atoms with Crippen LogP contribution in [0.1, 0.15) is 0 Å². The van der Waals surface area contributed by atoms with Gasteiger partial charge in [-0.05, 0) is 36.4 Å². The lowest BCUT2D eigenvalue weighted by Crippen LogP contribution is -2.36. The molecule has 0 spiro atoms. The summed E-state index contributed by atoms with van der Waals surface area (Å²) in [6.07, 6.45) is 1.61. The predicted molar refractivity (Wildman–Crippen MR) is 99.0 cm³/mol. The maximum absolute atomic E-state index is 9.64. The Balaban J connectivity index is 1.53. The Morgan fingerprint density at radius 1 is 1.08 bits per heavy atom. The minimum atomic E-state index is 0.0252. The van der Waals surface area contributed by atoms with E-state index in [0.29, 0.717) is 16.9 Å². The molecular formula is C18H17ClN4O2. The van der Waals surface area contributed by atoms with Gasteiger partial charge in [-0.2, -0.15) is 0 Å². The zero-order valence-electron chi connectivity index (χ0n) is 13.4. The van der Waals surface area contributed by atoms with Crippen LogP contribution in [0.15, 0.2) is 42.6 Å². The number of hydrogen-bond acceptors (Lipinski definition) is 6. The number of aromatic nitrogens is 2. The molecule has 2 N–H and O–H groups in total. The summed E-state index contributed by atoms with van der Waals surface area (Å²) in [7, 11) is 0. The van der Waals surface area contributed by atoms with Crippen molar-refractivity contribution in [3.63, 3.8) is 0 Å². The number of benzene rings is 2. The third-order valence-corrected chi connectivity index (χ3v) is 4.58. The Kier molecular flexibility index (Phi) is 4.29. The van der Waals surface area contributed by atoms with Crippen LogP contribution in [0.4, 0.5) is 17.3 Å². The van der Waals surface area contributed by atoms with Crippen molar-refractivity contribution < 1.29 is 9.84 Å². The Morgan fingerprint density at radius 3 is 2.60 bits per heavy atom. The summed E-state index contributed by atoms with van der Waals surface area (Å²) in [5.41, 5.74) is 2.75. The topological polar surface area (TPSA) is 70.5 Å². The van der Waals surface area contributed by atoms with Gasteiger partial charge in [0.25, 0.3) is 0 Å². The molecule has 0 bridgehead atoms. The van der Waals surface area contributed by atoms with Gasteiger partial charge in [-0.3, -0.25) is 0 Å². The van der Waals surface area contributed by atoms with Gasteiger partial charge in [-0.25, -0.2) is 9.97 Å². The van der Waals surface area contributed by atoms with Crippen LogP contribution in [0.25, 0.3) is 10.9 Å². The molecule has 0 aliphatic carbocycles. The van der Waals surface area contributed by atoms with Crippen molar-refractivity contribution in [2.75, 3.05) is 36.5 Å². The Morgan fingerprint density at radius 2 is 1.84 bits per heavy atom. The van der Waals surface area contributed by atoms with Crippen LogP contribution in [-0.2, 0) is 4.74 Å². The van der Waals surface area contributed by atoms with E-state index < -0.39 is 0 Å². The molecule has 1 fully saturated rings. The van der Waals surface area contributed by atoms with Gasteiger partial charge in [-0.15, -0.1) is 0 Å². The molecule has 1 aromatic heterocycles. The second-order valence-electron chi connectivity index (χ2n) is 5.80. The Bertz CT molecular complexity index is 895. The molecule has 0 atom stereocenters. The highest BCUT2D eigenvalue weighted by Crippen LogP contribution is 2.31. The van der Waals surface area contributed by atoms with Gasteiger partial charge in [0, 0.05) is 36.0 Å². The third kappa shape index (κ3) is 3.31. The Hall–Kier alpha value is -2.57. The van der Waals surface area contributed by atoms with Gasteiger partial charge in [0.15, 0.2) is 0 Å². The van der Waals surface area contributed by atoms with Gasteiger partial charge in [-0.1, -0.05) is 11.6 Å². The maximum Gasteiger partial charge on any atom is 0.227 e. The zero-order chi connectivity index (χ0) is 17.2. The summed E-state index contributed by atoms with van der Waals surface area (Å²) in [4.78, 5) is 11.0. The fraction of sp³-hybridized carbons (Fsp3) is 0.222. The summed E-state index contributed by atoms with van der Waals surface area (Å²) in [6, 6.07) is 11.4. The lowest BCUT2D eigenvalue weighted by molar-refractivity contribution is 0.122. The number of halogens is 1. The number of fused-ring (bicyclic) bond motifs is 1. The number of phenolic OH excluding ortho intramolecular Hbond substituents is 1. The smallest absolute Gasteiger partial charge is 0.227 e. The molecule has 3 aromatic rings. The molecule has 2 aromatic carbocycles. The van der Waals surface area contributed by atoms with Crippen molar-refractivity contribution in [2.45, 2.75) is 0 Å². The van der Waals surface area contributed by atoms with Crippen LogP contribution in [0, 0.1) is 0 Å². The molecule has 6 nitrogen and oxygen atoms in total. The highest BCUT2D eigenvalue weighted by Gasteiger charge is 2.11. The van der Waals surface area contributed by atoms with Crippen LogP contribution in [0.5, 0.6) is 5.75 Å². The summed E-state index contributed by atoms with van der Waals surface area (Å²) in [5.74, 6) is 0.505. The highest BCUT2D eigenvalue weighted by molar-refractivity contribution is 6.36. The van der Waals surface area contributed by atoms with Crippen LogP contribution >= 0.6 is 11.6 Å².